The Bertz CT molecular complexity index is 307. The zero-order chi connectivity index (χ0) is 13.7. The van der Waals surface area contributed by atoms with Gasteiger partial charge in [0.25, 0.3) is 0 Å². The van der Waals surface area contributed by atoms with Crippen molar-refractivity contribution in [1.82, 2.24) is 10.2 Å². The average Bonchev–Trinajstić information content (AvgIpc) is 2.30. The largest absolute Gasteiger partial charge is 0.343 e. The van der Waals surface area contributed by atoms with Crippen LogP contribution in [0.15, 0.2) is 0 Å². The van der Waals surface area contributed by atoms with Gasteiger partial charge in [0, 0.05) is 11.8 Å². The minimum absolute atomic E-state index is 0.0280. The summed E-state index contributed by atoms with van der Waals surface area (Å²) in [6.45, 7) is 6.42. The highest BCUT2D eigenvalue weighted by Crippen LogP contribution is 2.17. The number of hydrogen-bond acceptors (Lipinski definition) is 3. The van der Waals surface area contributed by atoms with Crippen LogP contribution >= 0.6 is 11.8 Å². The molecule has 1 aliphatic rings. The smallest absolute Gasteiger partial charge is 0.245 e. The fourth-order valence-electron chi connectivity index (χ4n) is 2.30. The van der Waals surface area contributed by atoms with Crippen molar-refractivity contribution in [2.24, 2.45) is 5.92 Å². The van der Waals surface area contributed by atoms with Crippen LogP contribution in [0.5, 0.6) is 0 Å². The molecule has 1 heterocycles. The van der Waals surface area contributed by atoms with Crippen molar-refractivity contribution >= 4 is 23.6 Å². The second kappa shape index (κ2) is 7.02. The molecule has 0 radical (unpaired) electrons. The summed E-state index contributed by atoms with van der Waals surface area (Å²) in [7, 11) is 0. The summed E-state index contributed by atoms with van der Waals surface area (Å²) < 4.78 is 0. The van der Waals surface area contributed by atoms with E-state index >= 15 is 0 Å². The summed E-state index contributed by atoms with van der Waals surface area (Å²) in [5.41, 5.74) is 0. The molecule has 0 spiro atoms. The van der Waals surface area contributed by atoms with Crippen molar-refractivity contribution in [3.8, 4) is 0 Å². The predicted octanol–water partition coefficient (Wildman–Crippen LogP) is 1.50. The van der Waals surface area contributed by atoms with Crippen LogP contribution in [0.3, 0.4) is 0 Å². The first-order valence-electron chi connectivity index (χ1n) is 6.58. The maximum atomic E-state index is 12.4. The van der Waals surface area contributed by atoms with Crippen LogP contribution < -0.4 is 5.32 Å². The van der Waals surface area contributed by atoms with Crippen molar-refractivity contribution in [2.45, 2.75) is 45.7 Å². The van der Waals surface area contributed by atoms with E-state index in [0.717, 1.165) is 18.6 Å². The van der Waals surface area contributed by atoms with Crippen molar-refractivity contribution in [3.63, 3.8) is 0 Å². The van der Waals surface area contributed by atoms with Crippen LogP contribution in [0.1, 0.15) is 33.6 Å². The van der Waals surface area contributed by atoms with Gasteiger partial charge in [-0.3, -0.25) is 9.59 Å². The van der Waals surface area contributed by atoms with Gasteiger partial charge in [-0.15, -0.1) is 0 Å². The van der Waals surface area contributed by atoms with E-state index < -0.39 is 0 Å². The summed E-state index contributed by atoms with van der Waals surface area (Å²) >= 11 is 1.72. The van der Waals surface area contributed by atoms with Crippen molar-refractivity contribution in [2.75, 3.05) is 18.6 Å². The second-order valence-electron chi connectivity index (χ2n) is 5.23. The number of amides is 2. The maximum absolute atomic E-state index is 12.4. The summed E-state index contributed by atoms with van der Waals surface area (Å²) in [6.07, 6.45) is 3.65. The Labute approximate surface area is 114 Å². The molecule has 2 unspecified atom stereocenters. The van der Waals surface area contributed by atoms with E-state index in [4.69, 9.17) is 0 Å². The molecular formula is C13H24N2O2S. The zero-order valence-corrected chi connectivity index (χ0v) is 12.5. The van der Waals surface area contributed by atoms with Crippen molar-refractivity contribution in [3.05, 3.63) is 0 Å². The van der Waals surface area contributed by atoms with Crippen LogP contribution in [-0.4, -0.2) is 47.4 Å². The van der Waals surface area contributed by atoms with Crippen molar-refractivity contribution in [1.29, 1.82) is 0 Å². The van der Waals surface area contributed by atoms with E-state index in [9.17, 15) is 9.59 Å². The molecule has 1 rings (SSSR count). The highest BCUT2D eigenvalue weighted by molar-refractivity contribution is 7.98. The number of hydrogen-bond donors (Lipinski definition) is 1. The predicted molar refractivity (Wildman–Crippen MR) is 75.6 cm³/mol. The topological polar surface area (TPSA) is 49.4 Å². The Balaban J connectivity index is 2.77. The molecular weight excluding hydrogens is 248 g/mol. The number of nitrogens with one attached hydrogen (secondary N) is 1. The van der Waals surface area contributed by atoms with Crippen LogP contribution in [0.25, 0.3) is 0 Å². The lowest BCUT2D eigenvalue weighted by molar-refractivity contribution is -0.146. The van der Waals surface area contributed by atoms with Gasteiger partial charge in [-0.05, 0) is 25.0 Å². The first kappa shape index (κ1) is 15.3. The minimum Gasteiger partial charge on any atom is -0.343 e. The highest BCUT2D eigenvalue weighted by Gasteiger charge is 2.35. The fourth-order valence-corrected chi connectivity index (χ4v) is 3.10. The van der Waals surface area contributed by atoms with Gasteiger partial charge in [0.2, 0.25) is 11.8 Å². The Morgan fingerprint density at radius 1 is 1.44 bits per heavy atom. The molecule has 2 atom stereocenters. The maximum Gasteiger partial charge on any atom is 0.245 e. The second-order valence-corrected chi connectivity index (χ2v) is 6.14. The number of nitrogens with zero attached hydrogens (tertiary/aromatic N) is 1. The molecule has 0 bridgehead atoms. The summed E-state index contributed by atoms with van der Waals surface area (Å²) in [5, 5.41) is 2.81. The van der Waals surface area contributed by atoms with Gasteiger partial charge in [-0.25, -0.2) is 0 Å². The molecule has 1 aliphatic heterocycles. The van der Waals surface area contributed by atoms with Gasteiger partial charge in [-0.2, -0.15) is 11.8 Å². The van der Waals surface area contributed by atoms with E-state index in [2.05, 4.69) is 26.1 Å². The lowest BCUT2D eigenvalue weighted by Crippen LogP contribution is -2.61. The fraction of sp³-hybridized carbons (Fsp3) is 0.846. The summed E-state index contributed by atoms with van der Waals surface area (Å²) in [6, 6.07) is -0.157. The van der Waals surface area contributed by atoms with Crippen molar-refractivity contribution < 1.29 is 9.59 Å². The van der Waals surface area contributed by atoms with Gasteiger partial charge in [0.15, 0.2) is 0 Å². The molecule has 0 aromatic heterocycles. The third-order valence-corrected chi connectivity index (χ3v) is 3.93. The molecule has 0 aromatic rings. The van der Waals surface area contributed by atoms with Crippen LogP contribution in [0.4, 0.5) is 0 Å². The van der Waals surface area contributed by atoms with Crippen LogP contribution in [-0.2, 0) is 9.59 Å². The molecule has 0 aliphatic carbocycles. The molecule has 1 saturated heterocycles. The molecule has 4 nitrogen and oxygen atoms in total. The van der Waals surface area contributed by atoms with E-state index in [1.54, 1.807) is 16.7 Å². The number of carbonyl (C=O) groups is 2. The molecule has 1 fully saturated rings. The normalized spacial score (nSPS) is 22.3. The SMILES string of the molecule is CCC(CSC)N1CC(=O)NC(CC(C)C)C1=O. The monoisotopic (exact) mass is 272 g/mol. The molecule has 104 valence electrons. The van der Waals surface area contributed by atoms with E-state index in [-0.39, 0.29) is 30.4 Å². The minimum atomic E-state index is -0.331. The molecule has 1 N–H and O–H groups in total. The highest BCUT2D eigenvalue weighted by atomic mass is 32.2. The lowest BCUT2D eigenvalue weighted by Gasteiger charge is -2.38. The van der Waals surface area contributed by atoms with E-state index in [0.29, 0.717) is 5.92 Å². The molecule has 0 aromatic carbocycles. The summed E-state index contributed by atoms with van der Waals surface area (Å²) in [4.78, 5) is 25.9. The third kappa shape index (κ3) is 3.90. The van der Waals surface area contributed by atoms with Crippen LogP contribution in [0.2, 0.25) is 0 Å². The molecule has 5 heteroatoms. The summed E-state index contributed by atoms with van der Waals surface area (Å²) in [5.74, 6) is 1.35. The number of thioether (sulfide) groups is 1. The molecule has 2 amide bonds. The Morgan fingerprint density at radius 2 is 2.11 bits per heavy atom. The number of piperazine rings is 1. The number of rotatable bonds is 6. The first-order valence-corrected chi connectivity index (χ1v) is 7.97. The Hall–Kier alpha value is -0.710. The van der Waals surface area contributed by atoms with E-state index in [1.165, 1.54) is 0 Å². The first-order chi connectivity index (χ1) is 8.49. The lowest BCUT2D eigenvalue weighted by atomic mass is 10.00. The van der Waals surface area contributed by atoms with Gasteiger partial charge < -0.3 is 10.2 Å². The Morgan fingerprint density at radius 3 is 2.61 bits per heavy atom. The molecule has 18 heavy (non-hydrogen) atoms. The van der Waals surface area contributed by atoms with Gasteiger partial charge in [0.1, 0.15) is 6.04 Å². The zero-order valence-electron chi connectivity index (χ0n) is 11.7. The van der Waals surface area contributed by atoms with Crippen LogP contribution in [0, 0.1) is 5.92 Å². The standard InChI is InChI=1S/C13H24N2O2S/c1-5-10(8-18-4)15-7-12(16)14-11(13(15)17)6-9(2)3/h9-11H,5-8H2,1-4H3,(H,14,16). The third-order valence-electron chi connectivity index (χ3n) is 3.21. The van der Waals surface area contributed by atoms with Gasteiger partial charge >= 0.3 is 0 Å². The van der Waals surface area contributed by atoms with E-state index in [1.807, 2.05) is 6.26 Å². The van der Waals surface area contributed by atoms with Gasteiger partial charge in [-0.1, -0.05) is 20.8 Å². The molecule has 0 saturated carbocycles. The average molecular weight is 272 g/mol. The Kier molecular flexibility index (Phi) is 5.99. The van der Waals surface area contributed by atoms with Gasteiger partial charge in [0.05, 0.1) is 6.54 Å². The number of carbonyl (C=O) groups excluding carboxylic acids is 2. The quantitative estimate of drug-likeness (QED) is 0.797.